The Hall–Kier alpha value is -9.37. The summed E-state index contributed by atoms with van der Waals surface area (Å²) in [5.41, 5.74) is 12.8. The van der Waals surface area contributed by atoms with Gasteiger partial charge >= 0.3 is 11.9 Å². The number of esters is 1. The highest BCUT2D eigenvalue weighted by atomic mass is 32.2. The minimum atomic E-state index is -2.54. The molecule has 27 nitrogen and oxygen atoms in total. The fourth-order valence-electron chi connectivity index (χ4n) is 22.2. The van der Waals surface area contributed by atoms with Gasteiger partial charge in [-0.2, -0.15) is 34.0 Å². The van der Waals surface area contributed by atoms with Crippen molar-refractivity contribution in [3.05, 3.63) is 210 Å². The monoisotopic (exact) mass is 1890 g/mol. The second kappa shape index (κ2) is 37.6. The maximum atomic E-state index is 14.9. The van der Waals surface area contributed by atoms with E-state index in [-0.39, 0.29) is 120 Å². The number of carboxylic acids is 1. The lowest BCUT2D eigenvalue weighted by Crippen LogP contribution is -2.74. The number of methoxy groups -OCH3 is 4. The molecule has 8 aliphatic heterocycles. The van der Waals surface area contributed by atoms with Gasteiger partial charge in [-0.05, 0) is 158 Å². The van der Waals surface area contributed by atoms with Crippen LogP contribution in [0.4, 0.5) is 0 Å². The molecule has 708 valence electrons. The van der Waals surface area contributed by atoms with Gasteiger partial charge in [0.15, 0.2) is 111 Å². The van der Waals surface area contributed by atoms with Gasteiger partial charge in [0.25, 0.3) is 0 Å². The molecule has 6 aromatic rings. The summed E-state index contributed by atoms with van der Waals surface area (Å²) in [5, 5.41) is 67.2. The van der Waals surface area contributed by atoms with Crippen molar-refractivity contribution in [3.8, 4) is 57.4 Å². The summed E-state index contributed by atoms with van der Waals surface area (Å²) in [6.07, 6.45) is -0.693. The average molecular weight is 1890 g/mol. The van der Waals surface area contributed by atoms with Crippen molar-refractivity contribution in [2.75, 3.05) is 106 Å². The molecule has 0 saturated carbocycles. The molecule has 8 heterocycles. The highest BCUT2D eigenvalue weighted by Gasteiger charge is 2.67. The number of piperazine rings is 2. The average Bonchev–Trinajstić information content (AvgIpc) is 1.59. The van der Waals surface area contributed by atoms with Crippen LogP contribution in [0.3, 0.4) is 0 Å². The lowest BCUT2D eigenvalue weighted by Gasteiger charge is -2.62. The molecule has 12 aliphatic rings. The summed E-state index contributed by atoms with van der Waals surface area (Å²) < 4.78 is 77.8. The molecule has 4 bridgehead atoms. The molecule has 4 unspecified atom stereocenters. The van der Waals surface area contributed by atoms with Crippen molar-refractivity contribution in [2.24, 2.45) is 0 Å². The second-order valence-corrected chi connectivity index (χ2v) is 51.4. The van der Waals surface area contributed by atoms with E-state index in [1.807, 2.05) is 32.8 Å². The summed E-state index contributed by atoms with van der Waals surface area (Å²) in [6.45, 7) is 27.5. The van der Waals surface area contributed by atoms with Crippen LogP contribution in [0.25, 0.3) is 22.3 Å². The number of thioether (sulfide) groups is 2. The Kier molecular flexibility index (Phi) is 27.4. The predicted octanol–water partition coefficient (Wildman–Crippen LogP) is 14.6. The molecule has 6 aromatic carbocycles. The quantitative estimate of drug-likeness (QED) is 0.0235. The van der Waals surface area contributed by atoms with Crippen LogP contribution in [0, 0.1) is 36.5 Å². The topological polar surface area (TPSA) is 330 Å². The lowest BCUT2D eigenvalue weighted by molar-refractivity contribution is -0.163. The number of nitrogens with zero attached hydrogens (tertiary/aromatic N) is 6. The molecular weight excluding hydrogens is 1770 g/mol. The molecule has 0 amide bonds. The Bertz CT molecular complexity index is 5720. The molecule has 4 aliphatic carbocycles. The summed E-state index contributed by atoms with van der Waals surface area (Å²) >= 11 is 3.35. The fraction of sp³-hybridized carbons (Fsp3) is 0.510. The van der Waals surface area contributed by atoms with Gasteiger partial charge in [0, 0.05) is 119 Å². The van der Waals surface area contributed by atoms with Crippen molar-refractivity contribution >= 4 is 63.7 Å². The zero-order valence-electron chi connectivity index (χ0n) is 79.6. The number of carboxylic acid groups (broad SMARTS) is 1. The third kappa shape index (κ3) is 16.6. The molecule has 14 atom stereocenters. The number of fused-ring (bicyclic) bond motifs is 22. The molecule has 0 aromatic heterocycles. The van der Waals surface area contributed by atoms with Crippen LogP contribution in [0.15, 0.2) is 155 Å². The van der Waals surface area contributed by atoms with Gasteiger partial charge in [-0.15, -0.1) is 0 Å². The third-order valence-electron chi connectivity index (χ3n) is 30.4. The van der Waals surface area contributed by atoms with Crippen LogP contribution in [0.1, 0.15) is 148 Å². The number of ketones is 2. The van der Waals surface area contributed by atoms with E-state index >= 15 is 0 Å². The number of nitriles is 2. The van der Waals surface area contributed by atoms with E-state index in [0.29, 0.717) is 59.0 Å². The number of carbonyl (C=O) groups is 4. The van der Waals surface area contributed by atoms with Crippen LogP contribution < -0.4 is 18.9 Å². The van der Waals surface area contributed by atoms with Gasteiger partial charge < -0.3 is 81.4 Å². The Morgan fingerprint density at radius 1 is 0.541 bits per heavy atom. The first-order valence-electron chi connectivity index (χ1n) is 45.6. The number of aliphatic hydroxyl groups is 3. The molecular formula is C102H124N6O21S2Si2. The van der Waals surface area contributed by atoms with Crippen molar-refractivity contribution in [2.45, 2.75) is 227 Å². The first-order chi connectivity index (χ1) is 63.3. The molecule has 18 rings (SSSR count). The number of aryl methyl sites for hydroxylation is 2. The number of hydrogen-bond acceptors (Lipinski definition) is 28. The maximum absolute atomic E-state index is 14.9. The number of piperidine rings is 2. The van der Waals surface area contributed by atoms with Gasteiger partial charge in [0.2, 0.25) is 13.6 Å². The van der Waals surface area contributed by atoms with E-state index in [9.17, 15) is 50.1 Å². The largest absolute Gasteiger partial charge is 0.493 e. The van der Waals surface area contributed by atoms with E-state index in [1.54, 1.807) is 65.8 Å². The standard InChI is InChI=1S/C51H61N3O10SSi.C28H33N3O8.C23H30O3SSi/c1-28-19-30-20-36-38(22-52)54-37(43(53(36)6)41(30)46(44(28)59-8)61-26-58-7)21-51(57)42(47-45(62-27-63-47)29(2)48(51)55)39(54)23-60-49(56)40(64-66(9,10)50(3,4)5)25-65-24-35-33-17-13-11-15-31(33)32-16-12-14-18-34(32)35;1-13-6-15-7-16-18(9-29)31-17(22(30(16)3)20(15)25(23(13)36-5)37-11-35-4)8-28(34)21(19(31)10-32)26-24(38-12-39-26)14(2)27(28)33;1-23(2,3)28(4,5)26-21(22(24)25)15-27-14-20-18-12-8-6-10-16(18)17-11-7-9-13-19(17)20/h11-19,35-40,43,57H,20-21,23-27H2,1-10H3;6,16-19,22,32,34H,7-8,10-12H2,1-5H3;6-13,20-21H,14-15H2,1-5H3,(H,24,25)/t36-,37?,38-,39-,40?,43-,51+;16-,17?,18-,19-,22-,28+;/m00./s1. The maximum Gasteiger partial charge on any atom is 0.334 e. The zero-order chi connectivity index (χ0) is 95.4. The normalized spacial score (nSPS) is 26.0. The van der Waals surface area contributed by atoms with Crippen LogP contribution >= 0.6 is 23.5 Å². The number of benzene rings is 6. The number of aliphatic carboxylic acids is 1. The van der Waals surface area contributed by atoms with E-state index < -0.39 is 112 Å². The molecule has 0 spiro atoms. The first kappa shape index (κ1) is 96.7. The molecule has 4 N–H and O–H groups in total. The molecule has 31 heteroatoms. The smallest absolute Gasteiger partial charge is 0.334 e. The molecule has 6 saturated heterocycles. The SMILES string of the molecule is CC(C)(C)[Si](C)(C)OC(CSCC1c2ccccc2-c2ccccc21)C(=O)O.COCOc1c(OC)c(C)cc2c1[C@@H]1C3C[C@]4(O)C(=O)C(C)=C5OCOC5=C4[C@H](CO)N3[C@@H](C#N)[C@H](C2)N1C.COCOc1c(OC)c(C)cc2c1[C@@H]1C3C[C@]4(O)C(=O)C(C)=C5OCOC5=C4[C@H](COC(=O)C(CSCC4c5ccccc5-c5ccccc54)O[Si](C)(C)C(C)(C)C)N3[C@@H](C#N)[C@H](C2)N1C. The van der Waals surface area contributed by atoms with E-state index in [4.69, 9.17) is 61.0 Å². The second-order valence-electron chi connectivity index (χ2n) is 39.7. The van der Waals surface area contributed by atoms with E-state index in [1.165, 1.54) is 44.5 Å². The number of ether oxygens (including phenoxy) is 11. The summed E-state index contributed by atoms with van der Waals surface area (Å²) in [6, 6.07) is 37.6. The van der Waals surface area contributed by atoms with Gasteiger partial charge in [-0.1, -0.05) is 151 Å². The first-order valence-corrected chi connectivity index (χ1v) is 53.7. The van der Waals surface area contributed by atoms with Crippen LogP contribution in [-0.2, 0) is 74.0 Å². The number of rotatable bonds is 25. The van der Waals surface area contributed by atoms with E-state index in [2.05, 4.69) is 204 Å². The molecule has 0 radical (unpaired) electrons. The predicted molar refractivity (Wildman–Crippen MR) is 509 cm³/mol. The zero-order valence-corrected chi connectivity index (χ0v) is 83.2. The van der Waals surface area contributed by atoms with Crippen molar-refractivity contribution in [1.82, 2.24) is 19.6 Å². The number of aliphatic hydroxyl groups excluding tert-OH is 1. The number of likely N-dealkylation sites (N-methyl/N-ethyl adjacent to an activating group) is 2. The van der Waals surface area contributed by atoms with Crippen LogP contribution in [0.2, 0.25) is 36.3 Å². The van der Waals surface area contributed by atoms with Crippen molar-refractivity contribution < 1.29 is 101 Å². The summed E-state index contributed by atoms with van der Waals surface area (Å²) in [7, 11) is 5.55. The number of Topliss-reactive ketones (excluding diaryl/α,β-unsaturated/α-hetero) is 2. The van der Waals surface area contributed by atoms with Gasteiger partial charge in [-0.3, -0.25) is 29.2 Å². The van der Waals surface area contributed by atoms with Gasteiger partial charge in [-0.25, -0.2) is 9.59 Å². The Balaban J connectivity index is 0.000000162. The minimum Gasteiger partial charge on any atom is -0.493 e. The van der Waals surface area contributed by atoms with Crippen molar-refractivity contribution in [3.63, 3.8) is 0 Å². The Morgan fingerprint density at radius 2 is 0.902 bits per heavy atom. The number of hydrogen-bond donors (Lipinski definition) is 4. The third-order valence-corrected chi connectivity index (χ3v) is 41.6. The van der Waals surface area contributed by atoms with Crippen LogP contribution in [0.5, 0.6) is 23.0 Å². The summed E-state index contributed by atoms with van der Waals surface area (Å²) in [5.74, 6) is 3.73. The van der Waals surface area contributed by atoms with Crippen LogP contribution in [-0.4, -0.2) is 258 Å². The molecule has 133 heavy (non-hydrogen) atoms. The molecule has 6 fully saturated rings. The lowest BCUT2D eigenvalue weighted by atomic mass is 9.65. The van der Waals surface area contributed by atoms with Gasteiger partial charge in [0.1, 0.15) is 18.7 Å². The Morgan fingerprint density at radius 3 is 1.26 bits per heavy atom. The minimum absolute atomic E-state index is 0.00333. The van der Waals surface area contributed by atoms with E-state index in [0.717, 1.165) is 44.9 Å². The summed E-state index contributed by atoms with van der Waals surface area (Å²) in [4.78, 5) is 63.4. The van der Waals surface area contributed by atoms with Crippen molar-refractivity contribution in [1.29, 1.82) is 10.5 Å². The highest BCUT2D eigenvalue weighted by molar-refractivity contribution is 7.99. The Labute approximate surface area is 789 Å². The fourth-order valence-corrected chi connectivity index (χ4v) is 27.2. The number of carbonyl (C=O) groups excluding carboxylic acids is 3. The van der Waals surface area contributed by atoms with Gasteiger partial charge in [0.05, 0.1) is 57.1 Å². The highest BCUT2D eigenvalue weighted by Crippen LogP contribution is 2.61.